The molecule has 1 fully saturated rings. The van der Waals surface area contributed by atoms with Crippen LogP contribution in [-0.2, 0) is 9.59 Å². The van der Waals surface area contributed by atoms with Crippen molar-refractivity contribution < 1.29 is 14.0 Å². The molecule has 0 radical (unpaired) electrons. The van der Waals surface area contributed by atoms with Crippen LogP contribution in [0.3, 0.4) is 0 Å². The molecule has 0 saturated carbocycles. The van der Waals surface area contributed by atoms with Crippen molar-refractivity contribution in [3.63, 3.8) is 0 Å². The van der Waals surface area contributed by atoms with E-state index in [0.717, 1.165) is 0 Å². The summed E-state index contributed by atoms with van der Waals surface area (Å²) in [5, 5.41) is 0. The van der Waals surface area contributed by atoms with Crippen LogP contribution in [0.5, 0.6) is 0 Å². The van der Waals surface area contributed by atoms with E-state index in [4.69, 9.17) is 0 Å². The summed E-state index contributed by atoms with van der Waals surface area (Å²) < 4.78 is 13.9. The van der Waals surface area contributed by atoms with Crippen molar-refractivity contribution in [2.75, 3.05) is 37.6 Å². The number of nitrogens with zero attached hydrogens (tertiary/aromatic N) is 3. The largest absolute Gasteiger partial charge is 0.366 e. The highest BCUT2D eigenvalue weighted by Gasteiger charge is 2.29. The topological polar surface area (TPSA) is 43.9 Å². The summed E-state index contributed by atoms with van der Waals surface area (Å²) in [5.74, 6) is -0.415. The van der Waals surface area contributed by atoms with Gasteiger partial charge in [-0.2, -0.15) is 0 Å². The summed E-state index contributed by atoms with van der Waals surface area (Å²) >= 11 is 0. The van der Waals surface area contributed by atoms with Crippen molar-refractivity contribution >= 4 is 17.5 Å². The summed E-state index contributed by atoms with van der Waals surface area (Å²) in [6, 6.07) is 6.68. The predicted octanol–water partition coefficient (Wildman–Crippen LogP) is 2.12. The molecule has 24 heavy (non-hydrogen) atoms. The molecular formula is C18H26FN3O2. The maximum absolute atomic E-state index is 13.9. The van der Waals surface area contributed by atoms with Gasteiger partial charge >= 0.3 is 0 Å². The summed E-state index contributed by atoms with van der Waals surface area (Å²) in [7, 11) is 0. The van der Waals surface area contributed by atoms with Gasteiger partial charge in [-0.15, -0.1) is 0 Å². The zero-order valence-electron chi connectivity index (χ0n) is 14.9. The maximum atomic E-state index is 13.9. The van der Waals surface area contributed by atoms with Gasteiger partial charge in [-0.3, -0.25) is 9.59 Å². The molecule has 1 aromatic rings. The second-order valence-electron chi connectivity index (χ2n) is 7.10. The molecule has 0 N–H and O–H groups in total. The Labute approximate surface area is 143 Å². The van der Waals surface area contributed by atoms with Gasteiger partial charge < -0.3 is 14.7 Å². The van der Waals surface area contributed by atoms with Gasteiger partial charge in [0.05, 0.1) is 5.69 Å². The van der Waals surface area contributed by atoms with Crippen LogP contribution in [0.4, 0.5) is 10.1 Å². The Hall–Kier alpha value is -2.11. The lowest BCUT2D eigenvalue weighted by atomic mass is 10.1. The van der Waals surface area contributed by atoms with E-state index in [1.807, 2.05) is 31.7 Å². The number of hydrogen-bond donors (Lipinski definition) is 0. The average Bonchev–Trinajstić information content (AvgIpc) is 2.51. The van der Waals surface area contributed by atoms with E-state index in [1.54, 1.807) is 21.9 Å². The van der Waals surface area contributed by atoms with Crippen LogP contribution in [0.2, 0.25) is 0 Å². The van der Waals surface area contributed by atoms with Crippen LogP contribution in [0.25, 0.3) is 0 Å². The number of amides is 2. The normalized spacial score (nSPS) is 15.4. The molecule has 0 spiro atoms. The Morgan fingerprint density at radius 3 is 2.21 bits per heavy atom. The monoisotopic (exact) mass is 335 g/mol. The van der Waals surface area contributed by atoms with Crippen LogP contribution in [0, 0.1) is 5.82 Å². The zero-order chi connectivity index (χ0) is 17.9. The third-order valence-corrected chi connectivity index (χ3v) is 4.31. The number of halogens is 1. The number of para-hydroxylation sites is 1. The molecule has 1 aromatic carbocycles. The standard InChI is InChI=1S/C18H26FN3O2/c1-14(23)22(18(2,3)4)13-17(24)21-11-9-20(10-12-21)16-8-6-5-7-15(16)19/h5-8H,9-13H2,1-4H3. The van der Waals surface area contributed by atoms with Crippen LogP contribution >= 0.6 is 0 Å². The summed E-state index contributed by atoms with van der Waals surface area (Å²) in [6.45, 7) is 9.54. The third-order valence-electron chi connectivity index (χ3n) is 4.31. The van der Waals surface area contributed by atoms with Gasteiger partial charge in [0.1, 0.15) is 12.4 Å². The van der Waals surface area contributed by atoms with E-state index in [9.17, 15) is 14.0 Å². The highest BCUT2D eigenvalue weighted by Crippen LogP contribution is 2.20. The number of anilines is 1. The lowest BCUT2D eigenvalue weighted by Gasteiger charge is -2.39. The lowest BCUT2D eigenvalue weighted by Crippen LogP contribution is -2.54. The van der Waals surface area contributed by atoms with Gasteiger partial charge in [0.2, 0.25) is 11.8 Å². The molecule has 1 heterocycles. The fourth-order valence-electron chi connectivity index (χ4n) is 2.96. The van der Waals surface area contributed by atoms with Crippen molar-refractivity contribution in [1.82, 2.24) is 9.80 Å². The van der Waals surface area contributed by atoms with Crippen LogP contribution in [-0.4, -0.2) is 59.9 Å². The molecule has 5 nitrogen and oxygen atoms in total. The molecule has 0 bridgehead atoms. The minimum atomic E-state index is -0.392. The predicted molar refractivity (Wildman–Crippen MR) is 92.3 cm³/mol. The Bertz CT molecular complexity index is 605. The van der Waals surface area contributed by atoms with Crippen molar-refractivity contribution in [2.24, 2.45) is 0 Å². The number of rotatable bonds is 3. The molecule has 6 heteroatoms. The van der Waals surface area contributed by atoms with Gasteiger partial charge in [-0.25, -0.2) is 4.39 Å². The van der Waals surface area contributed by atoms with Gasteiger partial charge in [-0.05, 0) is 32.9 Å². The highest BCUT2D eigenvalue weighted by atomic mass is 19.1. The van der Waals surface area contributed by atoms with E-state index in [2.05, 4.69) is 0 Å². The number of benzene rings is 1. The first-order valence-electron chi connectivity index (χ1n) is 8.25. The molecule has 1 aliphatic rings. The first-order chi connectivity index (χ1) is 11.2. The fourth-order valence-corrected chi connectivity index (χ4v) is 2.96. The van der Waals surface area contributed by atoms with Crippen molar-refractivity contribution in [2.45, 2.75) is 33.2 Å². The van der Waals surface area contributed by atoms with Gasteiger partial charge in [0.25, 0.3) is 0 Å². The van der Waals surface area contributed by atoms with Crippen molar-refractivity contribution in [1.29, 1.82) is 0 Å². The summed E-state index contributed by atoms with van der Waals surface area (Å²) in [6.07, 6.45) is 0. The second kappa shape index (κ2) is 7.20. The Morgan fingerprint density at radius 2 is 1.71 bits per heavy atom. The first-order valence-corrected chi connectivity index (χ1v) is 8.25. The van der Waals surface area contributed by atoms with E-state index in [0.29, 0.717) is 31.9 Å². The van der Waals surface area contributed by atoms with E-state index >= 15 is 0 Å². The molecule has 2 rings (SSSR count). The second-order valence-corrected chi connectivity index (χ2v) is 7.10. The molecule has 2 amide bonds. The summed E-state index contributed by atoms with van der Waals surface area (Å²) in [4.78, 5) is 29.6. The van der Waals surface area contributed by atoms with E-state index in [-0.39, 0.29) is 24.2 Å². The van der Waals surface area contributed by atoms with Crippen molar-refractivity contribution in [3.8, 4) is 0 Å². The zero-order valence-corrected chi connectivity index (χ0v) is 14.9. The van der Waals surface area contributed by atoms with Crippen LogP contribution in [0.15, 0.2) is 24.3 Å². The Balaban J connectivity index is 1.95. The average molecular weight is 335 g/mol. The van der Waals surface area contributed by atoms with Crippen LogP contribution < -0.4 is 4.90 Å². The molecule has 132 valence electrons. The Morgan fingerprint density at radius 1 is 1.12 bits per heavy atom. The summed E-state index contributed by atoms with van der Waals surface area (Å²) in [5.41, 5.74) is 0.181. The SMILES string of the molecule is CC(=O)N(CC(=O)N1CCN(c2ccccc2F)CC1)C(C)(C)C. The van der Waals surface area contributed by atoms with E-state index in [1.165, 1.54) is 13.0 Å². The molecule has 1 aliphatic heterocycles. The quantitative estimate of drug-likeness (QED) is 0.850. The van der Waals surface area contributed by atoms with Crippen molar-refractivity contribution in [3.05, 3.63) is 30.1 Å². The number of piperazine rings is 1. The lowest BCUT2D eigenvalue weighted by molar-refractivity contribution is -0.143. The molecule has 0 aliphatic carbocycles. The smallest absolute Gasteiger partial charge is 0.242 e. The molecule has 0 aromatic heterocycles. The van der Waals surface area contributed by atoms with Gasteiger partial charge in [0.15, 0.2) is 0 Å². The van der Waals surface area contributed by atoms with E-state index < -0.39 is 5.54 Å². The Kier molecular flexibility index (Phi) is 5.47. The number of carbonyl (C=O) groups is 2. The highest BCUT2D eigenvalue weighted by molar-refractivity contribution is 5.84. The fraction of sp³-hybridized carbons (Fsp3) is 0.556. The number of hydrogen-bond acceptors (Lipinski definition) is 3. The molecular weight excluding hydrogens is 309 g/mol. The number of carbonyl (C=O) groups excluding carboxylic acids is 2. The van der Waals surface area contributed by atoms with Gasteiger partial charge in [-0.1, -0.05) is 12.1 Å². The minimum absolute atomic E-state index is 0.0618. The first kappa shape index (κ1) is 18.2. The van der Waals surface area contributed by atoms with Gasteiger partial charge in [0, 0.05) is 38.6 Å². The molecule has 0 unspecified atom stereocenters. The maximum Gasteiger partial charge on any atom is 0.242 e. The molecule has 0 atom stereocenters. The molecule has 1 saturated heterocycles. The third kappa shape index (κ3) is 4.24. The minimum Gasteiger partial charge on any atom is -0.366 e. The van der Waals surface area contributed by atoms with Crippen LogP contribution in [0.1, 0.15) is 27.7 Å².